The SMILES string of the molecule is N#CC(C#N)=c1cc(-c2ccnc(C(F)(F)F)c2C(F)(F)F)c(=C(C#N)C#N)cc1-c1ccnc(C(F)(F)F)c1C(F)(F)F. The average Bonchev–Trinajstić information content (AvgIpc) is 2.92. The average molecular weight is 630 g/mol. The number of benzene rings is 1. The first-order chi connectivity index (χ1) is 20.2. The highest BCUT2D eigenvalue weighted by Gasteiger charge is 2.48. The van der Waals surface area contributed by atoms with Crippen LogP contribution in [0.1, 0.15) is 22.5 Å². The Bertz CT molecular complexity index is 1780. The standard InChI is InChI=1S/C26H6F12N6/c27-23(28,29)19-13(1-3-43-21(19)25(33,34)35)17-5-16(12(9-41)10-42)18(6-15(17)11(7-39)8-40)14-2-4-44-22(26(36,37)38)20(14)24(30,31)32/h1-6H. The molecule has 0 aliphatic carbocycles. The van der Waals surface area contributed by atoms with Crippen molar-refractivity contribution in [2.75, 3.05) is 0 Å². The van der Waals surface area contributed by atoms with Crippen LogP contribution in [0.2, 0.25) is 0 Å². The number of rotatable bonds is 2. The van der Waals surface area contributed by atoms with Gasteiger partial charge in [0, 0.05) is 22.8 Å². The first-order valence-corrected chi connectivity index (χ1v) is 11.0. The summed E-state index contributed by atoms with van der Waals surface area (Å²) in [5, 5.41) is 35.7. The van der Waals surface area contributed by atoms with Gasteiger partial charge < -0.3 is 0 Å². The summed E-state index contributed by atoms with van der Waals surface area (Å²) in [6.07, 6.45) is -22.7. The van der Waals surface area contributed by atoms with Gasteiger partial charge in [-0.2, -0.15) is 73.7 Å². The van der Waals surface area contributed by atoms with Crippen LogP contribution < -0.4 is 10.4 Å². The Balaban J connectivity index is 2.82. The highest BCUT2D eigenvalue weighted by atomic mass is 19.4. The third-order valence-corrected chi connectivity index (χ3v) is 5.73. The minimum Gasteiger partial charge on any atom is -0.251 e. The monoisotopic (exact) mass is 630 g/mol. The molecule has 2 heterocycles. The summed E-state index contributed by atoms with van der Waals surface area (Å²) in [5.74, 6) is 0. The minimum atomic E-state index is -5.85. The van der Waals surface area contributed by atoms with Gasteiger partial charge in [0.25, 0.3) is 0 Å². The Hall–Kier alpha value is -5.62. The third kappa shape index (κ3) is 6.10. The zero-order valence-electron chi connectivity index (χ0n) is 20.7. The Morgan fingerprint density at radius 3 is 1.00 bits per heavy atom. The Morgan fingerprint density at radius 2 is 0.773 bits per heavy atom. The summed E-state index contributed by atoms with van der Waals surface area (Å²) in [7, 11) is 0. The number of aromatic nitrogens is 2. The molecule has 0 fully saturated rings. The van der Waals surface area contributed by atoms with Gasteiger partial charge in [0.15, 0.2) is 11.4 Å². The van der Waals surface area contributed by atoms with Crippen LogP contribution in [0, 0.1) is 45.3 Å². The summed E-state index contributed by atoms with van der Waals surface area (Å²) >= 11 is 0. The maximum Gasteiger partial charge on any atom is 0.433 e. The van der Waals surface area contributed by atoms with Crippen molar-refractivity contribution >= 4 is 11.1 Å². The summed E-state index contributed by atoms with van der Waals surface area (Å²) in [4.78, 5) is 5.43. The van der Waals surface area contributed by atoms with Gasteiger partial charge in [0.2, 0.25) is 0 Å². The highest BCUT2D eigenvalue weighted by Crippen LogP contribution is 2.45. The summed E-state index contributed by atoms with van der Waals surface area (Å²) < 4.78 is 166. The molecule has 0 saturated carbocycles. The van der Waals surface area contributed by atoms with E-state index in [9.17, 15) is 73.7 Å². The maximum absolute atomic E-state index is 14.1. The van der Waals surface area contributed by atoms with Gasteiger partial charge >= 0.3 is 24.7 Å². The van der Waals surface area contributed by atoms with E-state index in [1.54, 1.807) is 0 Å². The molecule has 0 spiro atoms. The van der Waals surface area contributed by atoms with Crippen LogP contribution in [0.3, 0.4) is 0 Å². The lowest BCUT2D eigenvalue weighted by atomic mass is 9.88. The van der Waals surface area contributed by atoms with E-state index in [-0.39, 0.29) is 12.4 Å². The van der Waals surface area contributed by atoms with Crippen molar-refractivity contribution < 1.29 is 52.7 Å². The van der Waals surface area contributed by atoms with Crippen molar-refractivity contribution in [3.8, 4) is 46.5 Å². The van der Waals surface area contributed by atoms with E-state index < -0.39 is 91.1 Å². The van der Waals surface area contributed by atoms with Crippen LogP contribution in [0.15, 0.2) is 36.7 Å². The Labute approximate surface area is 236 Å². The third-order valence-electron chi connectivity index (χ3n) is 5.73. The lowest BCUT2D eigenvalue weighted by Crippen LogP contribution is -2.25. The normalized spacial score (nSPS) is 12.0. The lowest BCUT2D eigenvalue weighted by molar-refractivity contribution is -0.164. The van der Waals surface area contributed by atoms with Crippen molar-refractivity contribution in [1.29, 1.82) is 21.0 Å². The minimum absolute atomic E-state index is 0.253. The molecule has 0 atom stereocenters. The van der Waals surface area contributed by atoms with E-state index in [1.165, 1.54) is 24.3 Å². The van der Waals surface area contributed by atoms with Gasteiger partial charge in [-0.1, -0.05) is 0 Å². The number of alkyl halides is 12. The first kappa shape index (κ1) is 32.9. The molecule has 44 heavy (non-hydrogen) atoms. The van der Waals surface area contributed by atoms with Crippen LogP contribution in [-0.4, -0.2) is 9.97 Å². The Morgan fingerprint density at radius 1 is 0.477 bits per heavy atom. The van der Waals surface area contributed by atoms with Crippen molar-refractivity contribution in [3.63, 3.8) is 0 Å². The van der Waals surface area contributed by atoms with Crippen LogP contribution in [0.5, 0.6) is 0 Å². The predicted octanol–water partition coefficient (Wildman–Crippen LogP) is 6.28. The van der Waals surface area contributed by atoms with Crippen molar-refractivity contribution in [1.82, 2.24) is 9.97 Å². The zero-order valence-corrected chi connectivity index (χ0v) is 20.7. The van der Waals surface area contributed by atoms with Crippen LogP contribution in [0.25, 0.3) is 33.4 Å². The number of nitrogens with zero attached hydrogens (tertiary/aromatic N) is 6. The number of hydrogen-bond donors (Lipinski definition) is 0. The molecule has 0 radical (unpaired) electrons. The number of hydrogen-bond acceptors (Lipinski definition) is 6. The van der Waals surface area contributed by atoms with Gasteiger partial charge in [-0.3, -0.25) is 9.97 Å². The van der Waals surface area contributed by atoms with Gasteiger partial charge in [-0.25, -0.2) is 0 Å². The van der Waals surface area contributed by atoms with Gasteiger partial charge in [-0.15, -0.1) is 0 Å². The molecular formula is C26H6F12N6. The van der Waals surface area contributed by atoms with E-state index in [2.05, 4.69) is 9.97 Å². The van der Waals surface area contributed by atoms with Crippen LogP contribution in [0.4, 0.5) is 52.7 Å². The van der Waals surface area contributed by atoms with E-state index in [0.717, 1.165) is 0 Å². The van der Waals surface area contributed by atoms with Gasteiger partial charge in [-0.05, 0) is 46.5 Å². The van der Waals surface area contributed by atoms with Gasteiger partial charge in [0.1, 0.15) is 35.4 Å². The molecule has 0 aliphatic heterocycles. The molecule has 2 aromatic heterocycles. The van der Waals surface area contributed by atoms with E-state index >= 15 is 0 Å². The molecule has 0 bridgehead atoms. The smallest absolute Gasteiger partial charge is 0.251 e. The largest absolute Gasteiger partial charge is 0.433 e. The quantitative estimate of drug-likeness (QED) is 0.308. The highest BCUT2D eigenvalue weighted by molar-refractivity contribution is 5.86. The molecule has 0 saturated heterocycles. The van der Waals surface area contributed by atoms with Crippen molar-refractivity contribution in [2.45, 2.75) is 24.7 Å². The maximum atomic E-state index is 14.1. The molecule has 0 aliphatic rings. The predicted molar refractivity (Wildman–Crippen MR) is 121 cm³/mol. The molecule has 6 nitrogen and oxygen atoms in total. The van der Waals surface area contributed by atoms with E-state index in [4.69, 9.17) is 0 Å². The molecule has 224 valence electrons. The molecular weight excluding hydrogens is 624 g/mol. The zero-order chi connectivity index (χ0) is 33.4. The molecule has 0 amide bonds. The van der Waals surface area contributed by atoms with Crippen LogP contribution in [-0.2, 0) is 24.7 Å². The lowest BCUT2D eigenvalue weighted by Gasteiger charge is -2.21. The fourth-order valence-corrected chi connectivity index (χ4v) is 4.13. The second-order valence-electron chi connectivity index (χ2n) is 8.30. The van der Waals surface area contributed by atoms with E-state index in [0.29, 0.717) is 24.3 Å². The van der Waals surface area contributed by atoms with Crippen LogP contribution >= 0.6 is 0 Å². The Kier molecular flexibility index (Phi) is 8.39. The molecule has 3 aromatic rings. The summed E-state index contributed by atoms with van der Waals surface area (Å²) in [6.45, 7) is 0. The summed E-state index contributed by atoms with van der Waals surface area (Å²) in [5.41, 5.74) is -17.5. The fourth-order valence-electron chi connectivity index (χ4n) is 4.13. The van der Waals surface area contributed by atoms with E-state index in [1.807, 2.05) is 0 Å². The summed E-state index contributed by atoms with van der Waals surface area (Å²) in [6, 6.07) is 6.09. The molecule has 0 N–H and O–H groups in total. The second-order valence-corrected chi connectivity index (χ2v) is 8.30. The second kappa shape index (κ2) is 11.2. The topological polar surface area (TPSA) is 121 Å². The molecule has 1 aromatic carbocycles. The molecule has 18 heteroatoms. The fraction of sp³-hybridized carbons (Fsp3) is 0.154. The van der Waals surface area contributed by atoms with Crippen molar-refractivity contribution in [2.24, 2.45) is 0 Å². The number of nitriles is 4. The first-order valence-electron chi connectivity index (χ1n) is 11.0. The molecule has 0 unspecified atom stereocenters. The molecule has 3 rings (SSSR count). The van der Waals surface area contributed by atoms with Crippen molar-refractivity contribution in [3.05, 3.63) is 69.6 Å². The van der Waals surface area contributed by atoms with Gasteiger partial charge in [0.05, 0.1) is 11.1 Å². The number of pyridine rings is 2. The number of halogens is 12.